The Morgan fingerprint density at radius 2 is 2.00 bits per heavy atom. The number of hydrogen-bond acceptors (Lipinski definition) is 1. The molecule has 1 aliphatic rings. The largest absolute Gasteiger partial charge is 1.00 e. The Labute approximate surface area is 83.6 Å². The van der Waals surface area contributed by atoms with Crippen molar-refractivity contribution in [1.29, 1.82) is 0 Å². The van der Waals surface area contributed by atoms with Crippen LogP contribution >= 0.6 is 0 Å². The fourth-order valence-electron chi connectivity index (χ4n) is 0.340. The molecule has 0 radical (unpaired) electrons. The SMILES string of the molecule is C[N]=[V+2].[C-]1=CC=CC1.[Cl-].[Cl-]. The molecule has 0 unspecified atom stereocenters. The predicted octanol–water partition coefficient (Wildman–Crippen LogP) is -4.34. The van der Waals surface area contributed by atoms with Crippen LogP contribution in [0.25, 0.3) is 0 Å². The van der Waals surface area contributed by atoms with E-state index >= 15 is 0 Å². The molecule has 4 heteroatoms. The van der Waals surface area contributed by atoms with Crippen LogP contribution in [-0.4, -0.2) is 7.05 Å². The number of rotatable bonds is 0. The number of hydrogen-bond donors (Lipinski definition) is 0. The smallest absolute Gasteiger partial charge is 0.109 e. The van der Waals surface area contributed by atoms with E-state index in [0.29, 0.717) is 0 Å². The molecule has 57 valence electrons. The third kappa shape index (κ3) is 15.8. The Hall–Kier alpha value is 0.444. The van der Waals surface area contributed by atoms with Gasteiger partial charge in [0.15, 0.2) is 0 Å². The predicted molar refractivity (Wildman–Crippen MR) is 29.9 cm³/mol. The third-order valence-corrected chi connectivity index (χ3v) is 0.586. The summed E-state index contributed by atoms with van der Waals surface area (Å²) in [6, 6.07) is 0. The van der Waals surface area contributed by atoms with E-state index in [-0.39, 0.29) is 24.8 Å². The molecule has 0 atom stereocenters. The molecule has 0 aliphatic heterocycles. The topological polar surface area (TPSA) is 12.4 Å². The minimum atomic E-state index is 0. The van der Waals surface area contributed by atoms with Crippen molar-refractivity contribution >= 4 is 0 Å². The monoisotopic (exact) mass is 215 g/mol. The Morgan fingerprint density at radius 3 is 2.10 bits per heavy atom. The second kappa shape index (κ2) is 16.2. The van der Waals surface area contributed by atoms with E-state index < -0.39 is 0 Å². The van der Waals surface area contributed by atoms with Gasteiger partial charge in [0, 0.05) is 0 Å². The van der Waals surface area contributed by atoms with Gasteiger partial charge in [-0.2, -0.15) is 6.08 Å². The second-order valence-corrected chi connectivity index (χ2v) is 1.83. The Morgan fingerprint density at radius 1 is 1.50 bits per heavy atom. The average molecular weight is 216 g/mol. The maximum Gasteiger partial charge on any atom is -0.109 e. The van der Waals surface area contributed by atoms with Gasteiger partial charge < -0.3 is 24.8 Å². The van der Waals surface area contributed by atoms with Crippen molar-refractivity contribution in [2.45, 2.75) is 6.42 Å². The standard InChI is InChI=1S/C5H5.CH3N.2ClH.V/c1-2-4-5-3-1;1-2;;;/h1-3H,4H2;1H3;2*1H;/q-1;;;;+2/p-2. The molecule has 0 aromatic carbocycles. The Balaban J connectivity index is -0.0000000900. The van der Waals surface area contributed by atoms with E-state index in [1.807, 2.05) is 12.2 Å². The molecule has 1 aliphatic carbocycles. The summed E-state index contributed by atoms with van der Waals surface area (Å²) in [6.45, 7) is 0. The van der Waals surface area contributed by atoms with Crippen LogP contribution in [-0.2, 0) is 17.2 Å². The first-order valence-corrected chi connectivity index (χ1v) is 2.99. The zero-order chi connectivity index (χ0) is 6.24. The van der Waals surface area contributed by atoms with E-state index in [0.717, 1.165) is 6.42 Å². The quantitative estimate of drug-likeness (QED) is 0.363. The number of nitrogens with zero attached hydrogens (tertiary/aromatic N) is 1. The first-order valence-electron chi connectivity index (χ1n) is 2.36. The van der Waals surface area contributed by atoms with Crippen molar-refractivity contribution in [1.82, 2.24) is 0 Å². The van der Waals surface area contributed by atoms with Crippen LogP contribution in [0.5, 0.6) is 0 Å². The summed E-state index contributed by atoms with van der Waals surface area (Å²) >= 11 is 2.09. The van der Waals surface area contributed by atoms with Crippen LogP contribution in [0.2, 0.25) is 0 Å². The van der Waals surface area contributed by atoms with Gasteiger partial charge in [0.25, 0.3) is 0 Å². The van der Waals surface area contributed by atoms with Crippen LogP contribution in [0.4, 0.5) is 0 Å². The second-order valence-electron chi connectivity index (χ2n) is 1.20. The average Bonchev–Trinajstić information content (AvgIpc) is 2.17. The molecule has 0 heterocycles. The molecule has 0 bridgehead atoms. The molecule has 0 aromatic rings. The summed E-state index contributed by atoms with van der Waals surface area (Å²) < 4.78 is 3.44. The number of allylic oxidation sites excluding steroid dienone is 4. The van der Waals surface area contributed by atoms with Gasteiger partial charge in [0.2, 0.25) is 0 Å². The van der Waals surface area contributed by atoms with Gasteiger partial charge in [-0.25, -0.2) is 12.2 Å². The van der Waals surface area contributed by atoms with E-state index in [9.17, 15) is 0 Å². The maximum atomic E-state index is 3.44. The molecule has 10 heavy (non-hydrogen) atoms. The van der Waals surface area contributed by atoms with E-state index in [4.69, 9.17) is 0 Å². The van der Waals surface area contributed by atoms with Gasteiger partial charge in [-0.15, -0.1) is 6.42 Å². The molecule has 0 saturated carbocycles. The fourth-order valence-corrected chi connectivity index (χ4v) is 0.340. The van der Waals surface area contributed by atoms with Crippen LogP contribution in [0.3, 0.4) is 0 Å². The van der Waals surface area contributed by atoms with Crippen molar-refractivity contribution in [3.8, 4) is 0 Å². The van der Waals surface area contributed by atoms with Gasteiger partial charge >= 0.3 is 28.1 Å². The van der Waals surface area contributed by atoms with E-state index in [1.54, 1.807) is 7.05 Å². The first kappa shape index (κ1) is 16.8. The molecular weight excluding hydrogens is 208 g/mol. The normalized spacial score (nSPS) is 10.3. The Kier molecular flexibility index (Phi) is 27.3. The van der Waals surface area contributed by atoms with Crippen LogP contribution in [0.1, 0.15) is 6.42 Å². The van der Waals surface area contributed by atoms with Gasteiger partial charge in [0.05, 0.1) is 0 Å². The van der Waals surface area contributed by atoms with E-state index in [2.05, 4.69) is 33.2 Å². The molecule has 0 fully saturated rings. The van der Waals surface area contributed by atoms with Crippen LogP contribution < -0.4 is 24.8 Å². The molecule has 0 saturated heterocycles. The number of halogens is 2. The molecular formula is C6H8Cl2NV-. The van der Waals surface area contributed by atoms with Crippen molar-refractivity contribution in [2.75, 3.05) is 7.05 Å². The van der Waals surface area contributed by atoms with Crippen LogP contribution in [0.15, 0.2) is 22.0 Å². The molecule has 0 spiro atoms. The summed E-state index contributed by atoms with van der Waals surface area (Å²) in [4.78, 5) is 0. The summed E-state index contributed by atoms with van der Waals surface area (Å²) in [5.74, 6) is 0. The maximum absolute atomic E-state index is 3.44. The van der Waals surface area contributed by atoms with Crippen molar-refractivity contribution in [3.05, 3.63) is 24.3 Å². The summed E-state index contributed by atoms with van der Waals surface area (Å²) in [5, 5.41) is 0. The van der Waals surface area contributed by atoms with E-state index in [1.165, 1.54) is 0 Å². The fraction of sp³-hybridized carbons (Fsp3) is 0.333. The molecule has 0 aromatic heterocycles. The zero-order valence-electron chi connectivity index (χ0n) is 5.59. The first-order chi connectivity index (χ1) is 3.91. The van der Waals surface area contributed by atoms with Crippen LogP contribution in [0, 0.1) is 6.08 Å². The molecule has 1 nitrogen and oxygen atoms in total. The van der Waals surface area contributed by atoms with Gasteiger partial charge in [0.1, 0.15) is 0 Å². The summed E-state index contributed by atoms with van der Waals surface area (Å²) in [7, 11) is 1.72. The molecule has 1 rings (SSSR count). The van der Waals surface area contributed by atoms with Gasteiger partial charge in [-0.3, -0.25) is 6.08 Å². The molecule has 0 N–H and O–H groups in total. The van der Waals surface area contributed by atoms with Gasteiger partial charge in [-0.05, 0) is 0 Å². The zero-order valence-corrected chi connectivity index (χ0v) is 8.50. The van der Waals surface area contributed by atoms with Crippen molar-refractivity contribution in [3.63, 3.8) is 0 Å². The van der Waals surface area contributed by atoms with Gasteiger partial charge in [-0.1, -0.05) is 0 Å². The Bertz CT molecular complexity index is 102. The minimum Gasteiger partial charge on any atom is -1.00 e. The minimum absolute atomic E-state index is 0. The summed E-state index contributed by atoms with van der Waals surface area (Å²) in [5.41, 5.74) is 0. The van der Waals surface area contributed by atoms with Crippen molar-refractivity contribution in [2.24, 2.45) is 3.79 Å². The summed E-state index contributed by atoms with van der Waals surface area (Å²) in [6.07, 6.45) is 10.0. The molecule has 0 amide bonds. The van der Waals surface area contributed by atoms with Crippen molar-refractivity contribution < 1.29 is 42.0 Å². The third-order valence-electron chi connectivity index (χ3n) is 0.586.